The second-order valence-corrected chi connectivity index (χ2v) is 8.88. The highest BCUT2D eigenvalue weighted by Gasteiger charge is 2.41. The predicted molar refractivity (Wildman–Crippen MR) is 127 cm³/mol. The average Bonchev–Trinajstić information content (AvgIpc) is 2.96. The van der Waals surface area contributed by atoms with Crippen LogP contribution in [0.2, 0.25) is 0 Å². The number of rotatable bonds is 3. The van der Waals surface area contributed by atoms with Crippen LogP contribution >= 0.6 is 0 Å². The van der Waals surface area contributed by atoms with Gasteiger partial charge < -0.3 is 4.74 Å². The molecule has 0 spiro atoms. The minimum atomic E-state index is -2.68. The van der Waals surface area contributed by atoms with Crippen molar-refractivity contribution in [3.63, 3.8) is 0 Å². The van der Waals surface area contributed by atoms with Crippen molar-refractivity contribution < 1.29 is 48.6 Å². The topological polar surface area (TPSA) is 9.23 Å². The Kier molecular flexibility index (Phi) is 5.83. The molecule has 0 saturated carbocycles. The Morgan fingerprint density at radius 1 is 0.425 bits per heavy atom. The molecule has 1 nitrogen and oxygen atoms in total. The summed E-state index contributed by atoms with van der Waals surface area (Å²) in [4.78, 5) is 0. The van der Waals surface area contributed by atoms with Crippen LogP contribution in [0.1, 0.15) is 0 Å². The second kappa shape index (κ2) is 9.04. The standard InChI is InChI=1S/C28H9BF10O/c30-19-17(20(31)24(35)27(38)23(19)34)29(18-21(32)25(36)28(39)26(37)22(18)33)13-9-8-11-10-4-1-2-6-14(10)40-15-7-3-5-12(13)16(11)15/h1-9H. The van der Waals surface area contributed by atoms with Gasteiger partial charge in [-0.2, -0.15) is 0 Å². The lowest BCUT2D eigenvalue weighted by molar-refractivity contribution is 0.382. The summed E-state index contributed by atoms with van der Waals surface area (Å²) in [5.41, 5.74) is -3.14. The monoisotopic (exact) mass is 562 g/mol. The van der Waals surface area contributed by atoms with Crippen molar-refractivity contribution in [2.45, 2.75) is 0 Å². The van der Waals surface area contributed by atoms with Crippen molar-refractivity contribution in [1.29, 1.82) is 0 Å². The third-order valence-electron chi connectivity index (χ3n) is 6.81. The lowest BCUT2D eigenvalue weighted by atomic mass is 9.35. The summed E-state index contributed by atoms with van der Waals surface area (Å²) in [6.45, 7) is -2.68. The van der Waals surface area contributed by atoms with E-state index in [-0.39, 0.29) is 16.5 Å². The van der Waals surface area contributed by atoms with Gasteiger partial charge in [-0.05, 0) is 23.1 Å². The first-order valence-corrected chi connectivity index (χ1v) is 11.4. The number of benzene rings is 5. The lowest BCUT2D eigenvalue weighted by Gasteiger charge is -2.25. The Hall–Kier alpha value is -4.48. The van der Waals surface area contributed by atoms with Gasteiger partial charge in [0.15, 0.2) is 58.2 Å². The van der Waals surface area contributed by atoms with Crippen molar-refractivity contribution in [2.75, 3.05) is 0 Å². The van der Waals surface area contributed by atoms with Gasteiger partial charge in [0.25, 0.3) is 6.71 Å². The van der Waals surface area contributed by atoms with Gasteiger partial charge in [0.2, 0.25) is 0 Å². The minimum absolute atomic E-state index is 0.0672. The molecule has 1 heterocycles. The van der Waals surface area contributed by atoms with Crippen molar-refractivity contribution >= 4 is 33.9 Å². The first kappa shape index (κ1) is 25.8. The number of fused-ring (bicyclic) bond motifs is 2. The van der Waals surface area contributed by atoms with Crippen LogP contribution in [-0.4, -0.2) is 6.71 Å². The Morgan fingerprint density at radius 3 is 1.45 bits per heavy atom. The van der Waals surface area contributed by atoms with Crippen LogP contribution in [0, 0.1) is 58.2 Å². The summed E-state index contributed by atoms with van der Waals surface area (Å²) in [6, 6.07) is 13.2. The van der Waals surface area contributed by atoms with Crippen LogP contribution in [0.4, 0.5) is 43.9 Å². The number of para-hydroxylation sites is 1. The van der Waals surface area contributed by atoms with E-state index in [0.717, 1.165) is 6.07 Å². The first-order chi connectivity index (χ1) is 19.0. The SMILES string of the molecule is Fc1c(F)c(F)c(B(c2c(F)c(F)c(F)c(F)c2F)c2ccc3c4c(cccc24)Oc2ccccc2-3)c(F)c1F. The quantitative estimate of drug-likeness (QED) is 0.103. The highest BCUT2D eigenvalue weighted by molar-refractivity contribution is 6.97. The van der Waals surface area contributed by atoms with E-state index in [4.69, 9.17) is 4.74 Å². The van der Waals surface area contributed by atoms with Gasteiger partial charge in [-0.25, -0.2) is 43.9 Å². The van der Waals surface area contributed by atoms with E-state index in [2.05, 4.69) is 0 Å². The van der Waals surface area contributed by atoms with E-state index in [0.29, 0.717) is 16.9 Å². The Labute approximate surface area is 218 Å². The highest BCUT2D eigenvalue weighted by atomic mass is 19.2. The Morgan fingerprint density at radius 2 is 0.900 bits per heavy atom. The predicted octanol–water partition coefficient (Wildman–Crippen LogP) is 6.52. The Bertz CT molecular complexity index is 1780. The highest BCUT2D eigenvalue weighted by Crippen LogP contribution is 2.45. The van der Waals surface area contributed by atoms with Gasteiger partial charge in [-0.3, -0.25) is 0 Å². The molecule has 0 saturated heterocycles. The maximum absolute atomic E-state index is 15.1. The maximum atomic E-state index is 15.1. The van der Waals surface area contributed by atoms with E-state index in [1.165, 1.54) is 24.3 Å². The summed E-state index contributed by atoms with van der Waals surface area (Å²) >= 11 is 0. The molecular weight excluding hydrogens is 553 g/mol. The van der Waals surface area contributed by atoms with E-state index < -0.39 is 81.3 Å². The van der Waals surface area contributed by atoms with Gasteiger partial charge in [0, 0.05) is 21.9 Å². The zero-order chi connectivity index (χ0) is 28.6. The van der Waals surface area contributed by atoms with E-state index in [9.17, 15) is 26.3 Å². The van der Waals surface area contributed by atoms with Crippen LogP contribution in [0.25, 0.3) is 21.9 Å². The van der Waals surface area contributed by atoms with E-state index >= 15 is 17.6 Å². The molecule has 200 valence electrons. The van der Waals surface area contributed by atoms with Gasteiger partial charge in [0.05, 0.1) is 0 Å². The molecule has 0 radical (unpaired) electrons. The summed E-state index contributed by atoms with van der Waals surface area (Å²) in [7, 11) is 0. The molecule has 5 aromatic carbocycles. The summed E-state index contributed by atoms with van der Waals surface area (Å²) < 4.78 is 152. The molecule has 12 heteroatoms. The van der Waals surface area contributed by atoms with Gasteiger partial charge in [-0.1, -0.05) is 47.9 Å². The van der Waals surface area contributed by atoms with Gasteiger partial charge in [0.1, 0.15) is 11.5 Å². The molecule has 1 aliphatic rings. The van der Waals surface area contributed by atoms with Crippen molar-refractivity contribution in [2.24, 2.45) is 0 Å². The molecule has 0 bridgehead atoms. The normalized spacial score (nSPS) is 11.9. The molecule has 0 unspecified atom stereocenters. The molecule has 0 aliphatic carbocycles. The van der Waals surface area contributed by atoms with Crippen molar-refractivity contribution in [1.82, 2.24) is 0 Å². The fourth-order valence-electron chi connectivity index (χ4n) is 5.06. The third kappa shape index (κ3) is 3.44. The van der Waals surface area contributed by atoms with Crippen LogP contribution in [0.15, 0.2) is 54.6 Å². The second-order valence-electron chi connectivity index (χ2n) is 8.88. The number of hydrogen-bond donors (Lipinski definition) is 0. The zero-order valence-electron chi connectivity index (χ0n) is 19.5. The number of hydrogen-bond acceptors (Lipinski definition) is 1. The molecule has 0 amide bonds. The molecule has 0 aromatic heterocycles. The lowest BCUT2D eigenvalue weighted by Crippen LogP contribution is -2.58. The smallest absolute Gasteiger partial charge is 0.257 e. The molecule has 6 rings (SSSR count). The third-order valence-corrected chi connectivity index (χ3v) is 6.81. The number of halogens is 10. The minimum Gasteiger partial charge on any atom is -0.456 e. The van der Waals surface area contributed by atoms with Crippen LogP contribution in [0.5, 0.6) is 11.5 Å². The fourth-order valence-corrected chi connectivity index (χ4v) is 5.06. The van der Waals surface area contributed by atoms with E-state index in [1.54, 1.807) is 24.3 Å². The first-order valence-electron chi connectivity index (χ1n) is 11.4. The van der Waals surface area contributed by atoms with Crippen LogP contribution < -0.4 is 21.1 Å². The summed E-state index contributed by atoms with van der Waals surface area (Å²) in [6.07, 6.45) is 0. The average molecular weight is 562 g/mol. The van der Waals surface area contributed by atoms with Crippen molar-refractivity contribution in [3.05, 3.63) is 113 Å². The maximum Gasteiger partial charge on any atom is 0.257 e. The Balaban J connectivity index is 1.78. The number of ether oxygens (including phenoxy) is 1. The molecule has 0 N–H and O–H groups in total. The molecule has 40 heavy (non-hydrogen) atoms. The summed E-state index contributed by atoms with van der Waals surface area (Å²) in [5.74, 6) is -24.5. The van der Waals surface area contributed by atoms with Crippen LogP contribution in [0.3, 0.4) is 0 Å². The van der Waals surface area contributed by atoms with Crippen LogP contribution in [-0.2, 0) is 0 Å². The largest absolute Gasteiger partial charge is 0.456 e. The molecule has 1 aliphatic heterocycles. The molecule has 5 aromatic rings. The van der Waals surface area contributed by atoms with Gasteiger partial charge in [-0.15, -0.1) is 0 Å². The zero-order valence-corrected chi connectivity index (χ0v) is 19.5. The van der Waals surface area contributed by atoms with Crippen molar-refractivity contribution in [3.8, 4) is 22.6 Å². The molecule has 0 fully saturated rings. The fraction of sp³-hybridized carbons (Fsp3) is 0. The summed E-state index contributed by atoms with van der Waals surface area (Å²) in [5, 5.41) is 0.138. The molecule has 0 atom stereocenters. The molecular formula is C28H9BF10O. The van der Waals surface area contributed by atoms with E-state index in [1.807, 2.05) is 0 Å². The van der Waals surface area contributed by atoms with Gasteiger partial charge >= 0.3 is 0 Å².